The lowest BCUT2D eigenvalue weighted by Crippen LogP contribution is -2.49. The quantitative estimate of drug-likeness (QED) is 0.768. The first-order valence-corrected chi connectivity index (χ1v) is 8.74. The third-order valence-corrected chi connectivity index (χ3v) is 4.25. The van der Waals surface area contributed by atoms with Gasteiger partial charge in [-0.1, -0.05) is 41.9 Å². The van der Waals surface area contributed by atoms with Gasteiger partial charge in [-0.2, -0.15) is 0 Å². The zero-order chi connectivity index (χ0) is 18.4. The molecular weight excluding hydrogens is 387 g/mol. The molecule has 0 saturated heterocycles. The lowest BCUT2D eigenvalue weighted by atomic mass is 10.0. The van der Waals surface area contributed by atoms with Crippen LogP contribution in [0.15, 0.2) is 53.0 Å². The van der Waals surface area contributed by atoms with Crippen molar-refractivity contribution in [3.05, 3.63) is 69.9 Å². The first kappa shape index (κ1) is 19.1. The van der Waals surface area contributed by atoms with Crippen LogP contribution in [-0.2, 0) is 11.3 Å². The van der Waals surface area contributed by atoms with E-state index in [2.05, 4.69) is 26.6 Å². The summed E-state index contributed by atoms with van der Waals surface area (Å²) in [4.78, 5) is 24.8. The topological polar surface area (TPSA) is 58.2 Å². The molecule has 2 N–H and O–H groups in total. The van der Waals surface area contributed by atoms with Gasteiger partial charge >= 0.3 is 0 Å². The maximum atomic E-state index is 12.9. The minimum Gasteiger partial charge on any atom is -0.350 e. The minimum absolute atomic E-state index is 0.0763. The number of benzene rings is 2. The summed E-state index contributed by atoms with van der Waals surface area (Å²) < 4.78 is 13.8. The number of rotatable bonds is 6. The predicted molar refractivity (Wildman–Crippen MR) is 98.5 cm³/mol. The highest BCUT2D eigenvalue weighted by Gasteiger charge is 2.24. The summed E-state index contributed by atoms with van der Waals surface area (Å²) in [5, 5.41) is 5.55. The van der Waals surface area contributed by atoms with E-state index in [1.807, 2.05) is 13.8 Å². The first-order chi connectivity index (χ1) is 11.9. The van der Waals surface area contributed by atoms with Crippen molar-refractivity contribution in [3.8, 4) is 0 Å². The average Bonchev–Trinajstić information content (AvgIpc) is 2.59. The number of carbonyl (C=O) groups is 2. The van der Waals surface area contributed by atoms with Gasteiger partial charge in [-0.05, 0) is 47.9 Å². The van der Waals surface area contributed by atoms with Gasteiger partial charge in [0.25, 0.3) is 5.91 Å². The van der Waals surface area contributed by atoms with Crippen LogP contribution < -0.4 is 10.6 Å². The molecule has 0 saturated carbocycles. The van der Waals surface area contributed by atoms with Gasteiger partial charge < -0.3 is 10.6 Å². The number of nitrogens with one attached hydrogen (secondary N) is 2. The zero-order valence-corrected chi connectivity index (χ0v) is 15.6. The molecule has 0 radical (unpaired) electrons. The van der Waals surface area contributed by atoms with Crippen LogP contribution in [0.3, 0.4) is 0 Å². The molecule has 0 aliphatic rings. The fourth-order valence-electron chi connectivity index (χ4n) is 2.26. The Bertz CT molecular complexity index is 730. The molecule has 2 rings (SSSR count). The second-order valence-corrected chi connectivity index (χ2v) is 6.96. The van der Waals surface area contributed by atoms with Gasteiger partial charge in [-0.15, -0.1) is 0 Å². The number of hydrogen-bond donors (Lipinski definition) is 2. The molecule has 0 aliphatic carbocycles. The lowest BCUT2D eigenvalue weighted by Gasteiger charge is -2.22. The van der Waals surface area contributed by atoms with Crippen LogP contribution in [0.25, 0.3) is 0 Å². The van der Waals surface area contributed by atoms with Crippen LogP contribution in [0.5, 0.6) is 0 Å². The van der Waals surface area contributed by atoms with E-state index in [-0.39, 0.29) is 30.1 Å². The van der Waals surface area contributed by atoms with Gasteiger partial charge in [-0.25, -0.2) is 4.39 Å². The molecule has 2 aromatic rings. The van der Waals surface area contributed by atoms with Crippen molar-refractivity contribution in [2.75, 3.05) is 0 Å². The Balaban J connectivity index is 1.98. The van der Waals surface area contributed by atoms with Gasteiger partial charge in [-0.3, -0.25) is 9.59 Å². The van der Waals surface area contributed by atoms with Crippen LogP contribution >= 0.6 is 15.9 Å². The van der Waals surface area contributed by atoms with E-state index in [1.165, 1.54) is 12.1 Å². The second-order valence-electron chi connectivity index (χ2n) is 6.05. The average molecular weight is 407 g/mol. The zero-order valence-electron chi connectivity index (χ0n) is 14.1. The largest absolute Gasteiger partial charge is 0.350 e. The minimum atomic E-state index is -0.656. The van der Waals surface area contributed by atoms with E-state index in [4.69, 9.17) is 0 Å². The molecule has 1 atom stereocenters. The van der Waals surface area contributed by atoms with Crippen molar-refractivity contribution >= 4 is 27.7 Å². The molecule has 2 aromatic carbocycles. The van der Waals surface area contributed by atoms with Crippen molar-refractivity contribution < 1.29 is 14.0 Å². The molecular formula is C19H20BrFN2O2. The van der Waals surface area contributed by atoms with E-state index in [0.717, 1.165) is 10.0 Å². The van der Waals surface area contributed by atoms with Crippen LogP contribution in [0.2, 0.25) is 0 Å². The van der Waals surface area contributed by atoms with E-state index >= 15 is 0 Å². The summed E-state index contributed by atoms with van der Waals surface area (Å²) in [6.07, 6.45) is 0. The molecule has 0 heterocycles. The molecule has 0 fully saturated rings. The van der Waals surface area contributed by atoms with Gasteiger partial charge in [0, 0.05) is 16.6 Å². The van der Waals surface area contributed by atoms with Gasteiger partial charge in [0.2, 0.25) is 5.91 Å². The summed E-state index contributed by atoms with van der Waals surface area (Å²) in [5.41, 5.74) is 1.27. The molecule has 1 unspecified atom stereocenters. The summed E-state index contributed by atoms with van der Waals surface area (Å²) in [6.45, 7) is 4.00. The highest BCUT2D eigenvalue weighted by Crippen LogP contribution is 2.11. The van der Waals surface area contributed by atoms with Gasteiger partial charge in [0.15, 0.2) is 0 Å². The SMILES string of the molecule is CC(C)C(NC(=O)c1ccc(Br)cc1)C(=O)NCc1ccc(F)cc1. The van der Waals surface area contributed by atoms with Crippen molar-refractivity contribution in [1.82, 2.24) is 10.6 Å². The molecule has 0 aliphatic heterocycles. The van der Waals surface area contributed by atoms with E-state index < -0.39 is 6.04 Å². The summed E-state index contributed by atoms with van der Waals surface area (Å²) in [7, 11) is 0. The maximum absolute atomic E-state index is 12.9. The molecule has 4 nitrogen and oxygen atoms in total. The number of halogens is 2. The van der Waals surface area contributed by atoms with Crippen molar-refractivity contribution in [3.63, 3.8) is 0 Å². The number of carbonyl (C=O) groups excluding carboxylic acids is 2. The summed E-state index contributed by atoms with van der Waals surface area (Å²) in [5.74, 6) is -0.975. The van der Waals surface area contributed by atoms with Crippen LogP contribution in [-0.4, -0.2) is 17.9 Å². The monoisotopic (exact) mass is 406 g/mol. The Morgan fingerprint density at radius 2 is 1.64 bits per heavy atom. The smallest absolute Gasteiger partial charge is 0.251 e. The summed E-state index contributed by atoms with van der Waals surface area (Å²) >= 11 is 3.32. The van der Waals surface area contributed by atoms with E-state index in [0.29, 0.717) is 5.56 Å². The highest BCUT2D eigenvalue weighted by molar-refractivity contribution is 9.10. The molecule has 6 heteroatoms. The Morgan fingerprint density at radius 3 is 2.20 bits per heavy atom. The first-order valence-electron chi connectivity index (χ1n) is 7.95. The molecule has 0 spiro atoms. The lowest BCUT2D eigenvalue weighted by molar-refractivity contribution is -0.124. The van der Waals surface area contributed by atoms with E-state index in [9.17, 15) is 14.0 Å². The van der Waals surface area contributed by atoms with E-state index in [1.54, 1.807) is 36.4 Å². The fourth-order valence-corrected chi connectivity index (χ4v) is 2.53. The standard InChI is InChI=1S/C19H20BrFN2O2/c1-12(2)17(23-18(24)14-5-7-15(20)8-6-14)19(25)22-11-13-3-9-16(21)10-4-13/h3-10,12,17H,11H2,1-2H3,(H,22,25)(H,23,24). The third kappa shape index (κ3) is 5.67. The molecule has 132 valence electrons. The van der Waals surface area contributed by atoms with Gasteiger partial charge in [0.1, 0.15) is 11.9 Å². The Labute approximate surface area is 154 Å². The number of hydrogen-bond acceptors (Lipinski definition) is 2. The predicted octanol–water partition coefficient (Wildman–Crippen LogP) is 3.66. The normalized spacial score (nSPS) is 11.9. The third-order valence-electron chi connectivity index (χ3n) is 3.72. The second kappa shape index (κ2) is 8.76. The Hall–Kier alpha value is -2.21. The van der Waals surface area contributed by atoms with Gasteiger partial charge in [0.05, 0.1) is 0 Å². The number of amides is 2. The maximum Gasteiger partial charge on any atom is 0.251 e. The molecule has 0 aromatic heterocycles. The Morgan fingerprint density at radius 1 is 1.04 bits per heavy atom. The van der Waals surface area contributed by atoms with Crippen LogP contribution in [0.1, 0.15) is 29.8 Å². The molecule has 25 heavy (non-hydrogen) atoms. The Kier molecular flexibility index (Phi) is 6.70. The van der Waals surface area contributed by atoms with Crippen LogP contribution in [0, 0.1) is 11.7 Å². The molecule has 0 bridgehead atoms. The van der Waals surface area contributed by atoms with Crippen LogP contribution in [0.4, 0.5) is 4.39 Å². The summed E-state index contributed by atoms with van der Waals surface area (Å²) in [6, 6.07) is 12.2. The van der Waals surface area contributed by atoms with Crippen molar-refractivity contribution in [2.24, 2.45) is 5.92 Å². The fraction of sp³-hybridized carbons (Fsp3) is 0.263. The van der Waals surface area contributed by atoms with Crippen molar-refractivity contribution in [1.29, 1.82) is 0 Å². The molecule has 2 amide bonds. The van der Waals surface area contributed by atoms with Crippen molar-refractivity contribution in [2.45, 2.75) is 26.4 Å². The highest BCUT2D eigenvalue weighted by atomic mass is 79.9.